The fourth-order valence-electron chi connectivity index (χ4n) is 2.88. The molecule has 0 atom stereocenters. The lowest BCUT2D eigenvalue weighted by molar-refractivity contribution is -0.125. The number of ether oxygens (including phenoxy) is 3. The first-order valence-electron chi connectivity index (χ1n) is 9.41. The average Bonchev–Trinajstić information content (AvgIpc) is 2.93. The van der Waals surface area contributed by atoms with Crippen molar-refractivity contribution in [3.05, 3.63) is 22.6 Å². The molecule has 1 fully saturated rings. The van der Waals surface area contributed by atoms with E-state index >= 15 is 0 Å². The van der Waals surface area contributed by atoms with Gasteiger partial charge in [0.05, 0.1) is 26.2 Å². The van der Waals surface area contributed by atoms with Gasteiger partial charge in [-0.2, -0.15) is 0 Å². The minimum absolute atomic E-state index is 0.109. The van der Waals surface area contributed by atoms with E-state index in [2.05, 4.69) is 5.32 Å². The Balaban J connectivity index is 2.10. The van der Waals surface area contributed by atoms with E-state index in [1.807, 2.05) is 20.8 Å². The maximum atomic E-state index is 12.7. The molecule has 1 aliphatic heterocycles. The maximum Gasteiger partial charge on any atom is 0.293 e. The lowest BCUT2D eigenvalue weighted by Gasteiger charge is -2.18. The molecule has 0 aromatic heterocycles. The molecule has 1 aromatic carbocycles. The first kappa shape index (κ1) is 23.6. The van der Waals surface area contributed by atoms with Crippen LogP contribution in [0.25, 0.3) is 6.08 Å². The fraction of sp³-hybridized carbons (Fsp3) is 0.476. The van der Waals surface area contributed by atoms with Gasteiger partial charge in [0, 0.05) is 19.5 Å². The average molecular weight is 437 g/mol. The van der Waals surface area contributed by atoms with E-state index in [9.17, 15) is 14.4 Å². The Bertz CT molecular complexity index is 835. The summed E-state index contributed by atoms with van der Waals surface area (Å²) in [5, 5.41) is 2.38. The van der Waals surface area contributed by atoms with E-state index in [-0.39, 0.29) is 34.6 Å². The standard InChI is InChI=1S/C21H28N2O6S/c1-21(2,3)12-17(24)22-7-8-23-19(25)16(30-20(23)26)11-13-9-14(27-4)18(29-6)15(10-13)28-5/h9-11H,7-8,12H2,1-6H3,(H,22,24). The molecular formula is C21H28N2O6S. The zero-order chi connectivity index (χ0) is 22.5. The molecule has 0 saturated carbocycles. The Labute approximate surface area is 180 Å². The van der Waals surface area contributed by atoms with Crippen LogP contribution in [0.5, 0.6) is 17.2 Å². The molecule has 0 unspecified atom stereocenters. The molecule has 1 N–H and O–H groups in total. The first-order valence-corrected chi connectivity index (χ1v) is 10.2. The molecule has 0 radical (unpaired) electrons. The number of nitrogens with zero attached hydrogens (tertiary/aromatic N) is 1. The number of thioether (sulfide) groups is 1. The summed E-state index contributed by atoms with van der Waals surface area (Å²) in [4.78, 5) is 38.3. The van der Waals surface area contributed by atoms with E-state index < -0.39 is 5.91 Å². The van der Waals surface area contributed by atoms with Gasteiger partial charge in [0.25, 0.3) is 11.1 Å². The molecule has 0 aliphatic carbocycles. The lowest BCUT2D eigenvalue weighted by Crippen LogP contribution is -2.38. The zero-order valence-corrected chi connectivity index (χ0v) is 19.0. The molecule has 9 heteroatoms. The van der Waals surface area contributed by atoms with Gasteiger partial charge >= 0.3 is 0 Å². The van der Waals surface area contributed by atoms with Gasteiger partial charge in [-0.15, -0.1) is 0 Å². The molecule has 164 valence electrons. The minimum atomic E-state index is -0.399. The summed E-state index contributed by atoms with van der Waals surface area (Å²) in [6.07, 6.45) is 1.98. The summed E-state index contributed by atoms with van der Waals surface area (Å²) in [5.41, 5.74) is 0.503. The molecule has 8 nitrogen and oxygen atoms in total. The third kappa shape index (κ3) is 5.91. The molecule has 1 heterocycles. The predicted molar refractivity (Wildman–Crippen MR) is 116 cm³/mol. The molecular weight excluding hydrogens is 408 g/mol. The Morgan fingerprint density at radius 2 is 1.70 bits per heavy atom. The predicted octanol–water partition coefficient (Wildman–Crippen LogP) is 3.30. The van der Waals surface area contributed by atoms with Gasteiger partial charge in [-0.1, -0.05) is 20.8 Å². The fourth-order valence-corrected chi connectivity index (χ4v) is 3.75. The summed E-state index contributed by atoms with van der Waals surface area (Å²) in [6, 6.07) is 3.39. The number of hydrogen-bond donors (Lipinski definition) is 1. The summed E-state index contributed by atoms with van der Waals surface area (Å²) in [6.45, 7) is 6.24. The summed E-state index contributed by atoms with van der Waals surface area (Å²) in [5.74, 6) is 0.829. The molecule has 0 spiro atoms. The second-order valence-corrected chi connectivity index (χ2v) is 8.87. The monoisotopic (exact) mass is 436 g/mol. The number of carbonyl (C=O) groups is 3. The normalized spacial score (nSPS) is 15.5. The van der Waals surface area contributed by atoms with Crippen molar-refractivity contribution < 1.29 is 28.6 Å². The van der Waals surface area contributed by atoms with Crippen LogP contribution in [0.4, 0.5) is 4.79 Å². The molecule has 1 aliphatic rings. The number of carbonyl (C=O) groups excluding carboxylic acids is 3. The summed E-state index contributed by atoms with van der Waals surface area (Å²) >= 11 is 0.855. The van der Waals surface area contributed by atoms with Gasteiger partial charge in [-0.25, -0.2) is 0 Å². The number of methoxy groups -OCH3 is 3. The van der Waals surface area contributed by atoms with Crippen LogP contribution in [-0.4, -0.2) is 56.4 Å². The van der Waals surface area contributed by atoms with Crippen molar-refractivity contribution in [2.75, 3.05) is 34.4 Å². The van der Waals surface area contributed by atoms with Crippen molar-refractivity contribution in [1.82, 2.24) is 10.2 Å². The van der Waals surface area contributed by atoms with Crippen LogP contribution in [-0.2, 0) is 9.59 Å². The zero-order valence-electron chi connectivity index (χ0n) is 18.2. The van der Waals surface area contributed by atoms with Crippen molar-refractivity contribution in [3.63, 3.8) is 0 Å². The van der Waals surface area contributed by atoms with Crippen molar-refractivity contribution in [2.24, 2.45) is 5.41 Å². The van der Waals surface area contributed by atoms with Crippen molar-refractivity contribution >= 4 is 34.9 Å². The quantitative estimate of drug-likeness (QED) is 0.625. The van der Waals surface area contributed by atoms with Gasteiger partial charge in [0.1, 0.15) is 0 Å². The van der Waals surface area contributed by atoms with Crippen LogP contribution in [0, 0.1) is 5.41 Å². The molecule has 2 rings (SSSR count). The number of imide groups is 1. The third-order valence-corrected chi connectivity index (χ3v) is 5.11. The second-order valence-electron chi connectivity index (χ2n) is 7.88. The van der Waals surface area contributed by atoms with E-state index in [0.717, 1.165) is 16.7 Å². The topological polar surface area (TPSA) is 94.2 Å². The number of amides is 3. The van der Waals surface area contributed by atoms with Crippen molar-refractivity contribution in [1.29, 1.82) is 0 Å². The van der Waals surface area contributed by atoms with Gasteiger partial charge < -0.3 is 19.5 Å². The third-order valence-electron chi connectivity index (χ3n) is 4.21. The molecule has 1 saturated heterocycles. The van der Waals surface area contributed by atoms with E-state index in [1.54, 1.807) is 18.2 Å². The Morgan fingerprint density at radius 3 is 2.20 bits per heavy atom. The first-order chi connectivity index (χ1) is 14.1. The van der Waals surface area contributed by atoms with Gasteiger partial charge in [0.2, 0.25) is 11.7 Å². The Morgan fingerprint density at radius 1 is 1.10 bits per heavy atom. The van der Waals surface area contributed by atoms with Crippen LogP contribution in [0.1, 0.15) is 32.8 Å². The smallest absolute Gasteiger partial charge is 0.293 e. The van der Waals surface area contributed by atoms with E-state index in [0.29, 0.717) is 29.2 Å². The van der Waals surface area contributed by atoms with Crippen LogP contribution in [0.15, 0.2) is 17.0 Å². The van der Waals surface area contributed by atoms with Gasteiger partial charge in [0.15, 0.2) is 11.5 Å². The highest BCUT2D eigenvalue weighted by atomic mass is 32.2. The van der Waals surface area contributed by atoms with Crippen molar-refractivity contribution in [2.45, 2.75) is 27.2 Å². The largest absolute Gasteiger partial charge is 0.493 e. The van der Waals surface area contributed by atoms with Gasteiger partial charge in [-0.3, -0.25) is 19.3 Å². The molecule has 30 heavy (non-hydrogen) atoms. The minimum Gasteiger partial charge on any atom is -0.493 e. The maximum absolute atomic E-state index is 12.7. The van der Waals surface area contributed by atoms with Crippen LogP contribution < -0.4 is 19.5 Å². The highest BCUT2D eigenvalue weighted by Crippen LogP contribution is 2.40. The van der Waals surface area contributed by atoms with E-state index in [4.69, 9.17) is 14.2 Å². The van der Waals surface area contributed by atoms with Crippen LogP contribution in [0.3, 0.4) is 0 Å². The molecule has 3 amide bonds. The number of hydrogen-bond acceptors (Lipinski definition) is 7. The van der Waals surface area contributed by atoms with E-state index in [1.165, 1.54) is 21.3 Å². The highest BCUT2D eigenvalue weighted by Gasteiger charge is 2.34. The second kappa shape index (κ2) is 9.88. The van der Waals surface area contributed by atoms with Crippen molar-refractivity contribution in [3.8, 4) is 17.2 Å². The SMILES string of the molecule is COc1cc(C=C2SC(=O)N(CCNC(=O)CC(C)(C)C)C2=O)cc(OC)c1OC. The summed E-state index contributed by atoms with van der Waals surface area (Å²) < 4.78 is 15.9. The van der Waals surface area contributed by atoms with Crippen LogP contribution in [0.2, 0.25) is 0 Å². The van der Waals surface area contributed by atoms with Gasteiger partial charge in [-0.05, 0) is 40.9 Å². The number of benzene rings is 1. The number of rotatable bonds is 8. The molecule has 0 bridgehead atoms. The number of nitrogens with one attached hydrogen (secondary N) is 1. The lowest BCUT2D eigenvalue weighted by atomic mass is 9.92. The Kier molecular flexibility index (Phi) is 7.77. The highest BCUT2D eigenvalue weighted by molar-refractivity contribution is 8.18. The van der Waals surface area contributed by atoms with Crippen LogP contribution >= 0.6 is 11.8 Å². The Hall–Kier alpha value is -2.68. The molecule has 1 aromatic rings. The summed E-state index contributed by atoms with van der Waals surface area (Å²) in [7, 11) is 4.51.